The number of morpholine rings is 1. The molecule has 1 fully saturated rings. The molecule has 0 unspecified atom stereocenters. The Hall–Kier alpha value is -2.93. The Bertz CT molecular complexity index is 803. The molecule has 2 aromatic rings. The van der Waals surface area contributed by atoms with Crippen LogP contribution in [0.5, 0.6) is 5.75 Å². The highest BCUT2D eigenvalue weighted by atomic mass is 19.1. The number of nitrogens with one attached hydrogen (secondary N) is 1. The van der Waals surface area contributed by atoms with Gasteiger partial charge >= 0.3 is 0 Å². The SMILES string of the molecule is CCOc1ccc(C(=O)N/N=C\c2ccc(N3CCOCC3)c(F)c2)cc1. The number of amides is 1. The summed E-state index contributed by atoms with van der Waals surface area (Å²) >= 11 is 0. The second-order valence-electron chi connectivity index (χ2n) is 5.97. The van der Waals surface area contributed by atoms with Crippen LogP contribution in [-0.4, -0.2) is 45.0 Å². The van der Waals surface area contributed by atoms with Gasteiger partial charge in [0.15, 0.2) is 0 Å². The van der Waals surface area contributed by atoms with Gasteiger partial charge in [0.2, 0.25) is 0 Å². The summed E-state index contributed by atoms with van der Waals surface area (Å²) in [5, 5.41) is 3.90. The number of anilines is 1. The highest BCUT2D eigenvalue weighted by Crippen LogP contribution is 2.21. The van der Waals surface area contributed by atoms with E-state index in [-0.39, 0.29) is 11.7 Å². The van der Waals surface area contributed by atoms with Crippen LogP contribution in [0, 0.1) is 5.82 Å². The minimum atomic E-state index is -0.347. The molecular formula is C20H22FN3O3. The Morgan fingerprint density at radius 2 is 2.00 bits per heavy atom. The topological polar surface area (TPSA) is 63.2 Å². The molecule has 0 radical (unpaired) electrons. The molecule has 1 heterocycles. The first kappa shape index (κ1) is 18.8. The first-order valence-electron chi connectivity index (χ1n) is 8.86. The van der Waals surface area contributed by atoms with Crippen molar-refractivity contribution in [3.05, 3.63) is 59.4 Å². The fraction of sp³-hybridized carbons (Fsp3) is 0.300. The molecule has 0 saturated carbocycles. The Morgan fingerprint density at radius 3 is 2.67 bits per heavy atom. The van der Waals surface area contributed by atoms with E-state index in [4.69, 9.17) is 9.47 Å². The molecule has 0 aromatic heterocycles. The zero-order chi connectivity index (χ0) is 19.1. The number of hydrogen-bond donors (Lipinski definition) is 1. The molecule has 2 aromatic carbocycles. The number of rotatable bonds is 6. The van der Waals surface area contributed by atoms with E-state index in [1.165, 1.54) is 12.3 Å². The number of ether oxygens (including phenoxy) is 2. The lowest BCUT2D eigenvalue weighted by Gasteiger charge is -2.29. The molecule has 0 spiro atoms. The van der Waals surface area contributed by atoms with E-state index >= 15 is 0 Å². The minimum Gasteiger partial charge on any atom is -0.494 e. The zero-order valence-corrected chi connectivity index (χ0v) is 15.2. The van der Waals surface area contributed by atoms with Crippen LogP contribution in [0.3, 0.4) is 0 Å². The quantitative estimate of drug-likeness (QED) is 0.627. The van der Waals surface area contributed by atoms with Gasteiger partial charge in [0, 0.05) is 18.7 Å². The predicted molar refractivity (Wildman–Crippen MR) is 102 cm³/mol. The summed E-state index contributed by atoms with van der Waals surface area (Å²) in [4.78, 5) is 14.0. The van der Waals surface area contributed by atoms with Crippen molar-refractivity contribution in [3.8, 4) is 5.75 Å². The Balaban J connectivity index is 1.58. The highest BCUT2D eigenvalue weighted by molar-refractivity contribution is 5.95. The third-order valence-electron chi connectivity index (χ3n) is 4.13. The molecule has 1 amide bonds. The maximum atomic E-state index is 14.3. The molecule has 1 aliphatic rings. The smallest absolute Gasteiger partial charge is 0.271 e. The van der Waals surface area contributed by atoms with Crippen LogP contribution in [0.15, 0.2) is 47.6 Å². The van der Waals surface area contributed by atoms with E-state index in [0.29, 0.717) is 55.5 Å². The van der Waals surface area contributed by atoms with E-state index < -0.39 is 0 Å². The summed E-state index contributed by atoms with van der Waals surface area (Å²) in [5.41, 5.74) is 4.02. The van der Waals surface area contributed by atoms with Crippen LogP contribution < -0.4 is 15.1 Å². The highest BCUT2D eigenvalue weighted by Gasteiger charge is 2.15. The van der Waals surface area contributed by atoms with Crippen LogP contribution in [0.1, 0.15) is 22.8 Å². The molecule has 27 heavy (non-hydrogen) atoms. The molecular weight excluding hydrogens is 349 g/mol. The lowest BCUT2D eigenvalue weighted by molar-refractivity contribution is 0.0955. The molecule has 1 saturated heterocycles. The van der Waals surface area contributed by atoms with Gasteiger partial charge in [-0.3, -0.25) is 4.79 Å². The molecule has 0 atom stereocenters. The molecule has 1 aliphatic heterocycles. The number of benzene rings is 2. The van der Waals surface area contributed by atoms with Crippen molar-refractivity contribution in [3.63, 3.8) is 0 Å². The predicted octanol–water partition coefficient (Wildman–Crippen LogP) is 2.82. The van der Waals surface area contributed by atoms with E-state index in [9.17, 15) is 9.18 Å². The number of carbonyl (C=O) groups excluding carboxylic acids is 1. The average molecular weight is 371 g/mol. The van der Waals surface area contributed by atoms with Crippen LogP contribution in [0.2, 0.25) is 0 Å². The first-order valence-corrected chi connectivity index (χ1v) is 8.86. The Kier molecular flexibility index (Phi) is 6.38. The van der Waals surface area contributed by atoms with E-state index in [2.05, 4.69) is 10.5 Å². The van der Waals surface area contributed by atoms with E-state index in [1.54, 1.807) is 36.4 Å². The summed E-state index contributed by atoms with van der Waals surface area (Å²) in [7, 11) is 0. The summed E-state index contributed by atoms with van der Waals surface area (Å²) in [6, 6.07) is 11.6. The lowest BCUT2D eigenvalue weighted by atomic mass is 10.2. The van der Waals surface area contributed by atoms with Gasteiger partial charge in [0.25, 0.3) is 5.91 Å². The maximum Gasteiger partial charge on any atom is 0.271 e. The monoisotopic (exact) mass is 371 g/mol. The van der Waals surface area contributed by atoms with Crippen LogP contribution in [0.25, 0.3) is 0 Å². The molecule has 7 heteroatoms. The van der Waals surface area contributed by atoms with Crippen LogP contribution in [-0.2, 0) is 4.74 Å². The number of nitrogens with zero attached hydrogens (tertiary/aromatic N) is 2. The van der Waals surface area contributed by atoms with Gasteiger partial charge in [0.05, 0.1) is 31.7 Å². The third-order valence-corrected chi connectivity index (χ3v) is 4.13. The zero-order valence-electron chi connectivity index (χ0n) is 15.2. The summed E-state index contributed by atoms with van der Waals surface area (Å²) in [5.74, 6) is 0.0341. The van der Waals surface area contributed by atoms with Crippen LogP contribution >= 0.6 is 0 Å². The van der Waals surface area contributed by atoms with E-state index in [0.717, 1.165) is 0 Å². The van der Waals surface area contributed by atoms with Crippen molar-refractivity contribution in [1.82, 2.24) is 5.43 Å². The van der Waals surface area contributed by atoms with Gasteiger partial charge < -0.3 is 14.4 Å². The first-order chi connectivity index (χ1) is 13.2. The molecule has 142 valence electrons. The van der Waals surface area contributed by atoms with Gasteiger partial charge in [-0.2, -0.15) is 5.10 Å². The minimum absolute atomic E-state index is 0.321. The summed E-state index contributed by atoms with van der Waals surface area (Å²) in [6.45, 7) is 4.99. The second-order valence-corrected chi connectivity index (χ2v) is 5.97. The third kappa shape index (κ3) is 5.04. The number of halogens is 1. The lowest BCUT2D eigenvalue weighted by Crippen LogP contribution is -2.36. The molecule has 6 nitrogen and oxygen atoms in total. The number of carbonyl (C=O) groups is 1. The molecule has 0 bridgehead atoms. The fourth-order valence-corrected chi connectivity index (χ4v) is 2.76. The van der Waals surface area contributed by atoms with Crippen molar-refractivity contribution in [2.45, 2.75) is 6.92 Å². The maximum absolute atomic E-state index is 14.3. The van der Waals surface area contributed by atoms with Crippen molar-refractivity contribution >= 4 is 17.8 Å². The van der Waals surface area contributed by atoms with Crippen LogP contribution in [0.4, 0.5) is 10.1 Å². The molecule has 3 rings (SSSR count). The largest absolute Gasteiger partial charge is 0.494 e. The van der Waals surface area contributed by atoms with Gasteiger partial charge in [-0.1, -0.05) is 6.07 Å². The number of hydrazone groups is 1. The average Bonchev–Trinajstić information content (AvgIpc) is 2.69. The van der Waals surface area contributed by atoms with Gasteiger partial charge in [-0.15, -0.1) is 0 Å². The summed E-state index contributed by atoms with van der Waals surface area (Å²) < 4.78 is 25.0. The number of hydrogen-bond acceptors (Lipinski definition) is 5. The molecule has 0 aliphatic carbocycles. The van der Waals surface area contributed by atoms with Gasteiger partial charge in [0.1, 0.15) is 11.6 Å². The van der Waals surface area contributed by atoms with Crippen molar-refractivity contribution < 1.29 is 18.7 Å². The Labute approximate surface area is 157 Å². The summed E-state index contributed by atoms with van der Waals surface area (Å²) in [6.07, 6.45) is 1.42. The van der Waals surface area contributed by atoms with Crippen molar-refractivity contribution in [2.75, 3.05) is 37.8 Å². The van der Waals surface area contributed by atoms with Crippen molar-refractivity contribution in [1.29, 1.82) is 0 Å². The van der Waals surface area contributed by atoms with Gasteiger partial charge in [-0.05, 0) is 48.9 Å². The Morgan fingerprint density at radius 1 is 1.26 bits per heavy atom. The van der Waals surface area contributed by atoms with Crippen molar-refractivity contribution in [2.24, 2.45) is 5.10 Å². The standard InChI is InChI=1S/C20H22FN3O3/c1-2-27-17-6-4-16(5-7-17)20(25)23-22-14-15-3-8-19(18(21)13-15)24-9-11-26-12-10-24/h3-8,13-14H,2,9-12H2,1H3,(H,23,25)/b22-14-. The fourth-order valence-electron chi connectivity index (χ4n) is 2.76. The second kappa shape index (κ2) is 9.14. The van der Waals surface area contributed by atoms with E-state index in [1.807, 2.05) is 11.8 Å². The van der Waals surface area contributed by atoms with Gasteiger partial charge in [-0.25, -0.2) is 9.82 Å². The normalized spacial score (nSPS) is 14.4. The molecule has 1 N–H and O–H groups in total.